The van der Waals surface area contributed by atoms with Gasteiger partial charge < -0.3 is 5.32 Å². The lowest BCUT2D eigenvalue weighted by atomic mass is 9.94. The quantitative estimate of drug-likeness (QED) is 0.916. The molecule has 0 saturated heterocycles. The highest BCUT2D eigenvalue weighted by Crippen LogP contribution is 2.33. The number of aryl methyl sites for hydroxylation is 1. The second-order valence-corrected chi connectivity index (χ2v) is 5.64. The van der Waals surface area contributed by atoms with Crippen LogP contribution < -0.4 is 5.32 Å². The number of halogens is 1. The Bertz CT molecular complexity index is 538. The lowest BCUT2D eigenvalue weighted by Gasteiger charge is -2.23. The van der Waals surface area contributed by atoms with Crippen molar-refractivity contribution in [3.63, 3.8) is 0 Å². The second kappa shape index (κ2) is 5.16. The van der Waals surface area contributed by atoms with Crippen molar-refractivity contribution in [2.45, 2.75) is 31.8 Å². The first-order valence-corrected chi connectivity index (χ1v) is 7.10. The SMILES string of the molecule is Fc1cncc(CNC2CCCc3sccc32)c1. The summed E-state index contributed by atoms with van der Waals surface area (Å²) in [5, 5.41) is 5.67. The Balaban J connectivity index is 1.68. The molecule has 1 aliphatic carbocycles. The van der Waals surface area contributed by atoms with Crippen LogP contribution >= 0.6 is 11.3 Å². The Labute approximate surface area is 110 Å². The molecule has 3 rings (SSSR count). The maximum atomic E-state index is 13.0. The van der Waals surface area contributed by atoms with Gasteiger partial charge in [-0.15, -0.1) is 11.3 Å². The maximum absolute atomic E-state index is 13.0. The van der Waals surface area contributed by atoms with Crippen LogP contribution in [0.5, 0.6) is 0 Å². The normalized spacial score (nSPS) is 18.6. The van der Waals surface area contributed by atoms with Crippen LogP contribution in [-0.2, 0) is 13.0 Å². The number of rotatable bonds is 3. The molecule has 0 spiro atoms. The van der Waals surface area contributed by atoms with Crippen LogP contribution in [0.25, 0.3) is 0 Å². The van der Waals surface area contributed by atoms with Gasteiger partial charge in [-0.05, 0) is 47.9 Å². The Hall–Kier alpha value is -1.26. The highest BCUT2D eigenvalue weighted by Gasteiger charge is 2.20. The van der Waals surface area contributed by atoms with Gasteiger partial charge in [0.15, 0.2) is 0 Å². The van der Waals surface area contributed by atoms with Crippen molar-refractivity contribution < 1.29 is 4.39 Å². The van der Waals surface area contributed by atoms with Gasteiger partial charge in [-0.2, -0.15) is 0 Å². The van der Waals surface area contributed by atoms with Crippen molar-refractivity contribution in [2.24, 2.45) is 0 Å². The van der Waals surface area contributed by atoms with Crippen LogP contribution in [0.3, 0.4) is 0 Å². The minimum absolute atomic E-state index is 0.269. The molecule has 1 N–H and O–H groups in total. The highest BCUT2D eigenvalue weighted by molar-refractivity contribution is 7.10. The average molecular weight is 262 g/mol. The van der Waals surface area contributed by atoms with E-state index in [1.54, 1.807) is 6.20 Å². The molecule has 18 heavy (non-hydrogen) atoms. The van der Waals surface area contributed by atoms with E-state index in [-0.39, 0.29) is 5.82 Å². The van der Waals surface area contributed by atoms with E-state index in [0.717, 1.165) is 12.0 Å². The summed E-state index contributed by atoms with van der Waals surface area (Å²) in [5.41, 5.74) is 2.33. The van der Waals surface area contributed by atoms with Gasteiger partial charge in [0.2, 0.25) is 0 Å². The van der Waals surface area contributed by atoms with Gasteiger partial charge in [0, 0.05) is 23.7 Å². The summed E-state index contributed by atoms with van der Waals surface area (Å²) in [6.07, 6.45) is 6.54. The molecule has 0 radical (unpaired) electrons. The van der Waals surface area contributed by atoms with Crippen molar-refractivity contribution in [1.82, 2.24) is 10.3 Å². The van der Waals surface area contributed by atoms with E-state index in [1.807, 2.05) is 11.3 Å². The minimum Gasteiger partial charge on any atom is -0.306 e. The Kier molecular flexibility index (Phi) is 3.39. The minimum atomic E-state index is -0.269. The van der Waals surface area contributed by atoms with E-state index < -0.39 is 0 Å². The summed E-state index contributed by atoms with van der Waals surface area (Å²) < 4.78 is 13.0. The number of hydrogen-bond acceptors (Lipinski definition) is 3. The number of nitrogens with zero attached hydrogens (tertiary/aromatic N) is 1. The van der Waals surface area contributed by atoms with E-state index in [4.69, 9.17) is 0 Å². The first-order valence-electron chi connectivity index (χ1n) is 6.22. The number of pyridine rings is 1. The fourth-order valence-electron chi connectivity index (χ4n) is 2.49. The topological polar surface area (TPSA) is 24.9 Å². The van der Waals surface area contributed by atoms with Gasteiger partial charge in [0.05, 0.1) is 6.20 Å². The molecule has 0 amide bonds. The molecule has 1 unspecified atom stereocenters. The third-order valence-corrected chi connectivity index (χ3v) is 4.36. The van der Waals surface area contributed by atoms with Crippen molar-refractivity contribution >= 4 is 11.3 Å². The fraction of sp³-hybridized carbons (Fsp3) is 0.357. The van der Waals surface area contributed by atoms with Crippen LogP contribution in [0.15, 0.2) is 29.9 Å². The van der Waals surface area contributed by atoms with E-state index in [2.05, 4.69) is 21.7 Å². The molecule has 0 aromatic carbocycles. The summed E-state index contributed by atoms with van der Waals surface area (Å²) in [5.74, 6) is -0.269. The predicted molar refractivity (Wildman–Crippen MR) is 71.0 cm³/mol. The summed E-state index contributed by atoms with van der Waals surface area (Å²) in [6, 6.07) is 4.15. The maximum Gasteiger partial charge on any atom is 0.141 e. The lowest BCUT2D eigenvalue weighted by Crippen LogP contribution is -2.23. The molecule has 0 bridgehead atoms. The summed E-state index contributed by atoms with van der Waals surface area (Å²) >= 11 is 1.84. The predicted octanol–water partition coefficient (Wildman–Crippen LogP) is 3.45. The van der Waals surface area contributed by atoms with Crippen LogP contribution in [0.2, 0.25) is 0 Å². The lowest BCUT2D eigenvalue weighted by molar-refractivity contribution is 0.462. The zero-order chi connectivity index (χ0) is 12.4. The molecule has 2 aromatic rings. The molecule has 0 saturated carbocycles. The van der Waals surface area contributed by atoms with Gasteiger partial charge in [-0.3, -0.25) is 4.98 Å². The van der Waals surface area contributed by atoms with Gasteiger partial charge in [0.25, 0.3) is 0 Å². The molecule has 1 atom stereocenters. The zero-order valence-electron chi connectivity index (χ0n) is 10.0. The van der Waals surface area contributed by atoms with Crippen LogP contribution in [0.1, 0.15) is 34.9 Å². The zero-order valence-corrected chi connectivity index (χ0v) is 10.8. The number of fused-ring (bicyclic) bond motifs is 1. The van der Waals surface area contributed by atoms with Gasteiger partial charge in [-0.1, -0.05) is 0 Å². The molecule has 1 aliphatic rings. The van der Waals surface area contributed by atoms with E-state index in [0.29, 0.717) is 12.6 Å². The Morgan fingerprint density at radius 3 is 3.28 bits per heavy atom. The van der Waals surface area contributed by atoms with Crippen LogP contribution in [0.4, 0.5) is 4.39 Å². The van der Waals surface area contributed by atoms with Crippen molar-refractivity contribution in [3.05, 3.63) is 51.7 Å². The average Bonchev–Trinajstić information content (AvgIpc) is 2.85. The number of nitrogens with one attached hydrogen (secondary N) is 1. The van der Waals surface area contributed by atoms with E-state index in [9.17, 15) is 4.39 Å². The van der Waals surface area contributed by atoms with E-state index in [1.165, 1.54) is 35.5 Å². The molecule has 94 valence electrons. The second-order valence-electron chi connectivity index (χ2n) is 4.64. The monoisotopic (exact) mass is 262 g/mol. The van der Waals surface area contributed by atoms with E-state index >= 15 is 0 Å². The molecular weight excluding hydrogens is 247 g/mol. The van der Waals surface area contributed by atoms with Crippen molar-refractivity contribution in [1.29, 1.82) is 0 Å². The standard InChI is InChI=1S/C14H15FN2S/c15-11-6-10(7-16-9-11)8-17-13-2-1-3-14-12(13)4-5-18-14/h4-7,9,13,17H,1-3,8H2. The molecule has 0 aliphatic heterocycles. The molecule has 2 aromatic heterocycles. The summed E-state index contributed by atoms with van der Waals surface area (Å²) in [7, 11) is 0. The molecular formula is C14H15FN2S. The van der Waals surface area contributed by atoms with Crippen molar-refractivity contribution in [3.8, 4) is 0 Å². The van der Waals surface area contributed by atoms with Gasteiger partial charge >= 0.3 is 0 Å². The molecule has 2 heterocycles. The number of hydrogen-bond donors (Lipinski definition) is 1. The van der Waals surface area contributed by atoms with Crippen LogP contribution in [-0.4, -0.2) is 4.98 Å². The van der Waals surface area contributed by atoms with Crippen LogP contribution in [0, 0.1) is 5.82 Å². The third-order valence-electron chi connectivity index (χ3n) is 3.37. The first-order chi connectivity index (χ1) is 8.83. The molecule has 0 fully saturated rings. The number of thiophene rings is 1. The summed E-state index contributed by atoms with van der Waals surface area (Å²) in [6.45, 7) is 0.671. The third kappa shape index (κ3) is 2.44. The first kappa shape index (κ1) is 11.8. The molecule has 4 heteroatoms. The molecule has 2 nitrogen and oxygen atoms in total. The smallest absolute Gasteiger partial charge is 0.141 e. The number of aromatic nitrogens is 1. The Morgan fingerprint density at radius 1 is 1.44 bits per heavy atom. The van der Waals surface area contributed by atoms with Gasteiger partial charge in [-0.25, -0.2) is 4.39 Å². The highest BCUT2D eigenvalue weighted by atomic mass is 32.1. The van der Waals surface area contributed by atoms with Gasteiger partial charge in [0.1, 0.15) is 5.82 Å². The summed E-state index contributed by atoms with van der Waals surface area (Å²) in [4.78, 5) is 5.37. The fourth-order valence-corrected chi connectivity index (χ4v) is 3.48. The largest absolute Gasteiger partial charge is 0.306 e. The van der Waals surface area contributed by atoms with Crippen molar-refractivity contribution in [2.75, 3.05) is 0 Å². The Morgan fingerprint density at radius 2 is 2.39 bits per heavy atom.